The summed E-state index contributed by atoms with van der Waals surface area (Å²) in [5.41, 5.74) is 1.38. The summed E-state index contributed by atoms with van der Waals surface area (Å²) in [6, 6.07) is 2.93. The van der Waals surface area contributed by atoms with E-state index in [9.17, 15) is 0 Å². The van der Waals surface area contributed by atoms with Crippen molar-refractivity contribution in [3.63, 3.8) is 0 Å². The van der Waals surface area contributed by atoms with E-state index in [0.29, 0.717) is 11.9 Å². The molecule has 0 amide bonds. The van der Waals surface area contributed by atoms with Crippen molar-refractivity contribution in [1.82, 2.24) is 15.5 Å². The molecule has 19 heavy (non-hydrogen) atoms. The Morgan fingerprint density at radius 1 is 1.53 bits per heavy atom. The van der Waals surface area contributed by atoms with Gasteiger partial charge in [-0.3, -0.25) is 0 Å². The molecule has 5 nitrogen and oxygen atoms in total. The summed E-state index contributed by atoms with van der Waals surface area (Å²) in [7, 11) is 0. The fourth-order valence-electron chi connectivity index (χ4n) is 2.33. The monoisotopic (exact) mass is 278 g/mol. The average Bonchev–Trinajstić information content (AvgIpc) is 3.07. The number of hydrogen-bond acceptors (Lipinski definition) is 6. The minimum atomic E-state index is 0.104. The van der Waals surface area contributed by atoms with E-state index in [0.717, 1.165) is 26.1 Å². The molecule has 0 saturated heterocycles. The van der Waals surface area contributed by atoms with Crippen molar-refractivity contribution in [2.24, 2.45) is 0 Å². The molecular formula is C13H18N4OS. The van der Waals surface area contributed by atoms with E-state index in [4.69, 9.17) is 4.42 Å². The van der Waals surface area contributed by atoms with Crippen molar-refractivity contribution in [3.05, 3.63) is 27.8 Å². The second-order valence-corrected chi connectivity index (χ2v) is 5.74. The number of rotatable bonds is 4. The van der Waals surface area contributed by atoms with Gasteiger partial charge in [0.2, 0.25) is 5.89 Å². The topological polar surface area (TPSA) is 54.2 Å². The summed E-state index contributed by atoms with van der Waals surface area (Å²) in [4.78, 5) is 3.64. The lowest BCUT2D eigenvalue weighted by atomic mass is 10.1. The van der Waals surface area contributed by atoms with Gasteiger partial charge in [-0.2, -0.15) is 0 Å². The summed E-state index contributed by atoms with van der Waals surface area (Å²) >= 11 is 1.84. The Balaban J connectivity index is 1.74. The van der Waals surface area contributed by atoms with Gasteiger partial charge in [0.05, 0.1) is 6.04 Å². The number of thiophene rings is 1. The van der Waals surface area contributed by atoms with E-state index in [1.165, 1.54) is 10.4 Å². The third-order valence-electron chi connectivity index (χ3n) is 3.39. The molecule has 0 fully saturated rings. The molecule has 1 aliphatic rings. The zero-order valence-electron chi connectivity index (χ0n) is 11.2. The van der Waals surface area contributed by atoms with Gasteiger partial charge in [-0.15, -0.1) is 16.4 Å². The molecule has 0 spiro atoms. The molecule has 1 N–H and O–H groups in total. The predicted molar refractivity (Wildman–Crippen MR) is 75.5 cm³/mol. The van der Waals surface area contributed by atoms with Crippen molar-refractivity contribution >= 4 is 17.4 Å². The smallest absolute Gasteiger partial charge is 0.318 e. The molecular weight excluding hydrogens is 260 g/mol. The Morgan fingerprint density at radius 3 is 3.26 bits per heavy atom. The largest absolute Gasteiger partial charge is 0.406 e. The Hall–Kier alpha value is -1.40. The maximum Gasteiger partial charge on any atom is 0.318 e. The van der Waals surface area contributed by atoms with Crippen LogP contribution in [0.4, 0.5) is 6.01 Å². The van der Waals surface area contributed by atoms with Crippen molar-refractivity contribution in [2.45, 2.75) is 32.9 Å². The minimum Gasteiger partial charge on any atom is -0.406 e. The third kappa shape index (κ3) is 2.50. The van der Waals surface area contributed by atoms with E-state index in [2.05, 4.69) is 38.8 Å². The fourth-order valence-corrected chi connectivity index (χ4v) is 3.22. The van der Waals surface area contributed by atoms with Gasteiger partial charge in [-0.25, -0.2) is 0 Å². The second kappa shape index (κ2) is 5.30. The van der Waals surface area contributed by atoms with Crippen LogP contribution < -0.4 is 10.2 Å². The number of fused-ring (bicyclic) bond motifs is 1. The van der Waals surface area contributed by atoms with Gasteiger partial charge >= 0.3 is 6.01 Å². The highest BCUT2D eigenvalue weighted by Crippen LogP contribution is 2.27. The maximum atomic E-state index is 5.77. The molecule has 3 heterocycles. The van der Waals surface area contributed by atoms with Crippen LogP contribution in [0.3, 0.4) is 0 Å². The first-order valence-corrected chi connectivity index (χ1v) is 7.53. The van der Waals surface area contributed by atoms with Crippen LogP contribution in [0.1, 0.15) is 36.2 Å². The van der Waals surface area contributed by atoms with Gasteiger partial charge in [-0.1, -0.05) is 12.0 Å². The van der Waals surface area contributed by atoms with Crippen LogP contribution in [0.2, 0.25) is 0 Å². The van der Waals surface area contributed by atoms with E-state index in [1.807, 2.05) is 18.3 Å². The zero-order valence-corrected chi connectivity index (χ0v) is 12.0. The Morgan fingerprint density at radius 2 is 2.42 bits per heavy atom. The normalized spacial score (nSPS) is 16.4. The van der Waals surface area contributed by atoms with E-state index < -0.39 is 0 Å². The maximum absolute atomic E-state index is 5.77. The van der Waals surface area contributed by atoms with Crippen LogP contribution in [-0.4, -0.2) is 23.3 Å². The van der Waals surface area contributed by atoms with Crippen LogP contribution in [0.25, 0.3) is 0 Å². The number of nitrogens with zero attached hydrogens (tertiary/aromatic N) is 3. The highest BCUT2D eigenvalue weighted by Gasteiger charge is 2.22. The van der Waals surface area contributed by atoms with Gasteiger partial charge in [0.15, 0.2) is 0 Å². The molecule has 3 rings (SSSR count). The van der Waals surface area contributed by atoms with Crippen molar-refractivity contribution in [2.75, 3.05) is 18.0 Å². The molecule has 0 radical (unpaired) electrons. The van der Waals surface area contributed by atoms with Crippen LogP contribution in [-0.2, 0) is 13.0 Å². The predicted octanol–water partition coefficient (Wildman–Crippen LogP) is 2.36. The second-order valence-electron chi connectivity index (χ2n) is 4.74. The molecule has 2 aromatic heterocycles. The number of aromatic nitrogens is 2. The van der Waals surface area contributed by atoms with Crippen LogP contribution >= 0.6 is 11.3 Å². The Labute approximate surface area is 116 Å². The van der Waals surface area contributed by atoms with Crippen LogP contribution in [0.5, 0.6) is 0 Å². The summed E-state index contributed by atoms with van der Waals surface area (Å²) in [6.45, 7) is 6.81. The number of nitrogens with one attached hydrogen (secondary N) is 1. The van der Waals surface area contributed by atoms with Crippen molar-refractivity contribution < 1.29 is 4.42 Å². The van der Waals surface area contributed by atoms with Crippen LogP contribution in [0, 0.1) is 0 Å². The number of hydrogen-bond donors (Lipinski definition) is 1. The third-order valence-corrected chi connectivity index (χ3v) is 4.41. The summed E-state index contributed by atoms with van der Waals surface area (Å²) in [6.07, 6.45) is 1.06. The Bertz CT molecular complexity index is 550. The lowest BCUT2D eigenvalue weighted by Gasteiger charge is -2.24. The van der Waals surface area contributed by atoms with Gasteiger partial charge in [0.1, 0.15) is 0 Å². The van der Waals surface area contributed by atoms with E-state index >= 15 is 0 Å². The molecule has 0 aromatic carbocycles. The summed E-state index contributed by atoms with van der Waals surface area (Å²) in [5.74, 6) is 0.660. The fraction of sp³-hybridized carbons (Fsp3) is 0.538. The molecule has 1 aliphatic heterocycles. The van der Waals surface area contributed by atoms with E-state index in [1.54, 1.807) is 0 Å². The first kappa shape index (κ1) is 12.6. The minimum absolute atomic E-state index is 0.104. The van der Waals surface area contributed by atoms with Gasteiger partial charge in [0.25, 0.3) is 0 Å². The van der Waals surface area contributed by atoms with Gasteiger partial charge < -0.3 is 14.6 Å². The first-order valence-electron chi connectivity index (χ1n) is 6.65. The molecule has 0 saturated carbocycles. The molecule has 0 aliphatic carbocycles. The average molecular weight is 278 g/mol. The molecule has 2 aromatic rings. The quantitative estimate of drug-likeness (QED) is 0.930. The molecule has 0 bridgehead atoms. The molecule has 6 heteroatoms. The zero-order chi connectivity index (χ0) is 13.2. The highest BCUT2D eigenvalue weighted by molar-refractivity contribution is 7.10. The lowest BCUT2D eigenvalue weighted by Crippen LogP contribution is -2.29. The molecule has 102 valence electrons. The van der Waals surface area contributed by atoms with Crippen molar-refractivity contribution in [3.8, 4) is 0 Å². The number of anilines is 1. The lowest BCUT2D eigenvalue weighted by molar-refractivity contribution is 0.417. The van der Waals surface area contributed by atoms with Crippen molar-refractivity contribution in [1.29, 1.82) is 0 Å². The highest BCUT2D eigenvalue weighted by atomic mass is 32.1. The van der Waals surface area contributed by atoms with Crippen LogP contribution in [0.15, 0.2) is 15.9 Å². The van der Waals surface area contributed by atoms with Gasteiger partial charge in [-0.05, 0) is 36.9 Å². The molecule has 1 atom stereocenters. The SMILES string of the molecule is CCNC(C)c1nnc(N2CCc3sccc3C2)o1. The Kier molecular flexibility index (Phi) is 3.52. The standard InChI is InChI=1S/C13H18N4OS/c1-3-14-9(2)12-15-16-13(18-12)17-6-4-11-10(8-17)5-7-19-11/h5,7,9,14H,3-4,6,8H2,1-2H3. The summed E-state index contributed by atoms with van der Waals surface area (Å²) in [5, 5.41) is 13.7. The first-order chi connectivity index (χ1) is 9.28. The van der Waals surface area contributed by atoms with Gasteiger partial charge in [0, 0.05) is 18.0 Å². The van der Waals surface area contributed by atoms with E-state index in [-0.39, 0.29) is 6.04 Å². The summed E-state index contributed by atoms with van der Waals surface area (Å²) < 4.78 is 5.77. The molecule has 1 unspecified atom stereocenters.